The van der Waals surface area contributed by atoms with Crippen molar-refractivity contribution in [2.45, 2.75) is 19.6 Å². The highest BCUT2D eigenvalue weighted by Gasteiger charge is 2.05. The fourth-order valence-corrected chi connectivity index (χ4v) is 2.80. The largest absolute Gasteiger partial charge is 0.399 e. The maximum Gasteiger partial charge on any atom is 0.234 e. The molecule has 0 aliphatic carbocycles. The summed E-state index contributed by atoms with van der Waals surface area (Å²) in [6, 6.07) is 13.9. The van der Waals surface area contributed by atoms with E-state index in [0.717, 1.165) is 17.0 Å². The highest BCUT2D eigenvalue weighted by molar-refractivity contribution is 7.99. The number of benzene rings is 2. The van der Waals surface area contributed by atoms with Crippen molar-refractivity contribution in [2.24, 2.45) is 0 Å². The fraction of sp³-hybridized carbons (Fsp3) is 0.235. The van der Waals surface area contributed by atoms with Crippen LogP contribution in [0.5, 0.6) is 0 Å². The van der Waals surface area contributed by atoms with Crippen molar-refractivity contribution in [2.75, 3.05) is 16.8 Å². The highest BCUT2D eigenvalue weighted by Crippen LogP contribution is 2.19. The SMILES string of the molecule is Cc1cccc(CSCC(=O)Nc2cc(N)ccc2C)c1. The monoisotopic (exact) mass is 300 g/mol. The second kappa shape index (κ2) is 7.18. The van der Waals surface area contributed by atoms with Crippen LogP contribution in [0.3, 0.4) is 0 Å². The summed E-state index contributed by atoms with van der Waals surface area (Å²) >= 11 is 1.61. The molecule has 3 N–H and O–H groups in total. The van der Waals surface area contributed by atoms with E-state index in [2.05, 4.69) is 30.4 Å². The third kappa shape index (κ3) is 4.83. The highest BCUT2D eigenvalue weighted by atomic mass is 32.2. The molecule has 2 aromatic carbocycles. The van der Waals surface area contributed by atoms with Gasteiger partial charge in [-0.1, -0.05) is 35.9 Å². The van der Waals surface area contributed by atoms with Gasteiger partial charge in [-0.25, -0.2) is 0 Å². The minimum atomic E-state index is 0.00125. The number of carbonyl (C=O) groups excluding carboxylic acids is 1. The van der Waals surface area contributed by atoms with E-state index < -0.39 is 0 Å². The lowest BCUT2D eigenvalue weighted by atomic mass is 10.2. The first-order chi connectivity index (χ1) is 10.0. The van der Waals surface area contributed by atoms with E-state index in [0.29, 0.717) is 11.4 Å². The van der Waals surface area contributed by atoms with Crippen LogP contribution in [0, 0.1) is 13.8 Å². The molecule has 0 aromatic heterocycles. The van der Waals surface area contributed by atoms with Gasteiger partial charge in [0.2, 0.25) is 5.91 Å². The second-order valence-corrected chi connectivity index (χ2v) is 6.09. The van der Waals surface area contributed by atoms with Crippen LogP contribution in [-0.2, 0) is 10.5 Å². The molecule has 0 heterocycles. The molecular formula is C17H20N2OS. The van der Waals surface area contributed by atoms with Crippen LogP contribution in [0.15, 0.2) is 42.5 Å². The molecule has 4 heteroatoms. The number of rotatable bonds is 5. The maximum atomic E-state index is 12.0. The number of hydrogen-bond donors (Lipinski definition) is 2. The van der Waals surface area contributed by atoms with E-state index in [1.807, 2.05) is 25.1 Å². The van der Waals surface area contributed by atoms with Crippen LogP contribution < -0.4 is 11.1 Å². The van der Waals surface area contributed by atoms with Crippen molar-refractivity contribution >= 4 is 29.0 Å². The molecule has 110 valence electrons. The molecule has 0 unspecified atom stereocenters. The number of nitrogens with two attached hydrogens (primary N) is 1. The van der Waals surface area contributed by atoms with Gasteiger partial charge in [0.1, 0.15) is 0 Å². The first-order valence-corrected chi connectivity index (χ1v) is 7.99. The zero-order valence-electron chi connectivity index (χ0n) is 12.3. The predicted octanol–water partition coefficient (Wildman–Crippen LogP) is 3.76. The van der Waals surface area contributed by atoms with Gasteiger partial charge in [-0.05, 0) is 37.1 Å². The smallest absolute Gasteiger partial charge is 0.234 e. The first-order valence-electron chi connectivity index (χ1n) is 6.84. The number of anilines is 2. The topological polar surface area (TPSA) is 55.1 Å². The molecule has 0 bridgehead atoms. The molecule has 0 saturated heterocycles. The molecule has 1 amide bonds. The zero-order valence-corrected chi connectivity index (χ0v) is 13.2. The summed E-state index contributed by atoms with van der Waals surface area (Å²) < 4.78 is 0. The molecule has 21 heavy (non-hydrogen) atoms. The molecule has 0 spiro atoms. The predicted molar refractivity (Wildman–Crippen MR) is 91.6 cm³/mol. The van der Waals surface area contributed by atoms with Crippen LogP contribution in [0.2, 0.25) is 0 Å². The van der Waals surface area contributed by atoms with Gasteiger partial charge in [0.15, 0.2) is 0 Å². The van der Waals surface area contributed by atoms with Gasteiger partial charge in [0, 0.05) is 17.1 Å². The Morgan fingerprint density at radius 1 is 1.19 bits per heavy atom. The average molecular weight is 300 g/mol. The molecule has 0 saturated carbocycles. The van der Waals surface area contributed by atoms with Crippen LogP contribution in [-0.4, -0.2) is 11.7 Å². The van der Waals surface area contributed by atoms with E-state index in [-0.39, 0.29) is 5.91 Å². The number of hydrogen-bond acceptors (Lipinski definition) is 3. The Morgan fingerprint density at radius 2 is 2.00 bits per heavy atom. The maximum absolute atomic E-state index is 12.0. The third-order valence-electron chi connectivity index (χ3n) is 3.12. The number of aryl methyl sites for hydroxylation is 2. The van der Waals surface area contributed by atoms with Crippen molar-refractivity contribution in [1.82, 2.24) is 0 Å². The van der Waals surface area contributed by atoms with Gasteiger partial charge < -0.3 is 11.1 Å². The van der Waals surface area contributed by atoms with Gasteiger partial charge in [-0.2, -0.15) is 0 Å². The molecular weight excluding hydrogens is 280 g/mol. The molecule has 0 aliphatic heterocycles. The Kier molecular flexibility index (Phi) is 5.28. The van der Waals surface area contributed by atoms with Crippen LogP contribution in [0.1, 0.15) is 16.7 Å². The molecule has 3 nitrogen and oxygen atoms in total. The van der Waals surface area contributed by atoms with Crippen molar-refractivity contribution in [3.05, 3.63) is 59.2 Å². The van der Waals surface area contributed by atoms with E-state index in [4.69, 9.17) is 5.73 Å². The molecule has 0 radical (unpaired) electrons. The minimum absolute atomic E-state index is 0.00125. The summed E-state index contributed by atoms with van der Waals surface area (Å²) in [4.78, 5) is 12.0. The number of thioether (sulfide) groups is 1. The van der Waals surface area contributed by atoms with Crippen LogP contribution >= 0.6 is 11.8 Å². The summed E-state index contributed by atoms with van der Waals surface area (Å²) in [6.45, 7) is 4.03. The Labute approximate surface area is 129 Å². The lowest BCUT2D eigenvalue weighted by Gasteiger charge is -2.09. The molecule has 0 fully saturated rings. The van der Waals surface area contributed by atoms with Crippen LogP contribution in [0.4, 0.5) is 11.4 Å². The van der Waals surface area contributed by atoms with Gasteiger partial charge in [0.05, 0.1) is 5.75 Å². The number of amides is 1. The lowest BCUT2D eigenvalue weighted by Crippen LogP contribution is -2.15. The summed E-state index contributed by atoms with van der Waals surface area (Å²) in [7, 11) is 0. The molecule has 2 aromatic rings. The van der Waals surface area contributed by atoms with E-state index in [1.165, 1.54) is 11.1 Å². The fourth-order valence-electron chi connectivity index (χ4n) is 2.02. The molecule has 2 rings (SSSR count). The summed E-state index contributed by atoms with van der Waals surface area (Å²) in [5.41, 5.74) is 10.7. The van der Waals surface area contributed by atoms with Gasteiger partial charge >= 0.3 is 0 Å². The van der Waals surface area contributed by atoms with Gasteiger partial charge in [-0.3, -0.25) is 4.79 Å². The summed E-state index contributed by atoms with van der Waals surface area (Å²) in [5, 5.41) is 2.91. The number of nitrogen functional groups attached to an aromatic ring is 1. The Hall–Kier alpha value is -1.94. The van der Waals surface area contributed by atoms with Crippen molar-refractivity contribution in [1.29, 1.82) is 0 Å². The summed E-state index contributed by atoms with van der Waals surface area (Å²) in [6.07, 6.45) is 0. The third-order valence-corrected chi connectivity index (χ3v) is 4.12. The van der Waals surface area contributed by atoms with E-state index >= 15 is 0 Å². The Morgan fingerprint density at radius 3 is 2.76 bits per heavy atom. The molecule has 0 aliphatic rings. The Bertz CT molecular complexity index is 640. The minimum Gasteiger partial charge on any atom is -0.399 e. The average Bonchev–Trinajstić information content (AvgIpc) is 2.43. The van der Waals surface area contributed by atoms with Crippen molar-refractivity contribution < 1.29 is 4.79 Å². The first kappa shape index (κ1) is 15.4. The van der Waals surface area contributed by atoms with Gasteiger partial charge in [0.25, 0.3) is 0 Å². The lowest BCUT2D eigenvalue weighted by molar-refractivity contribution is -0.113. The summed E-state index contributed by atoms with van der Waals surface area (Å²) in [5.74, 6) is 1.27. The Balaban J connectivity index is 1.84. The van der Waals surface area contributed by atoms with Crippen LogP contribution in [0.25, 0.3) is 0 Å². The van der Waals surface area contributed by atoms with E-state index in [9.17, 15) is 4.79 Å². The number of nitrogens with one attached hydrogen (secondary N) is 1. The normalized spacial score (nSPS) is 10.4. The second-order valence-electron chi connectivity index (χ2n) is 5.10. The number of carbonyl (C=O) groups is 1. The zero-order chi connectivity index (χ0) is 15.2. The quantitative estimate of drug-likeness (QED) is 0.827. The standard InChI is InChI=1S/C17H20N2OS/c1-12-4-3-5-14(8-12)10-21-11-17(20)19-16-9-15(18)7-6-13(16)2/h3-9H,10-11,18H2,1-2H3,(H,19,20). The van der Waals surface area contributed by atoms with Gasteiger partial charge in [-0.15, -0.1) is 11.8 Å². The molecule has 0 atom stereocenters. The van der Waals surface area contributed by atoms with Crippen molar-refractivity contribution in [3.63, 3.8) is 0 Å². The van der Waals surface area contributed by atoms with Crippen molar-refractivity contribution in [3.8, 4) is 0 Å². The van der Waals surface area contributed by atoms with E-state index in [1.54, 1.807) is 17.8 Å².